The number of aromatic nitrogens is 1. The first kappa shape index (κ1) is 12.0. The van der Waals surface area contributed by atoms with E-state index in [9.17, 15) is 0 Å². The molecule has 0 aromatic carbocycles. The maximum Gasteiger partial charge on any atom is 0.0218 e. The molecular formula is C17H26N2. The Kier molecular flexibility index (Phi) is 2.77. The summed E-state index contributed by atoms with van der Waals surface area (Å²) in [5.41, 5.74) is 7.67. The summed E-state index contributed by atoms with van der Waals surface area (Å²) in [6.45, 7) is 0.824. The number of nitrogens with zero attached hydrogens (tertiary/aromatic N) is 1. The lowest BCUT2D eigenvalue weighted by Crippen LogP contribution is -2.48. The monoisotopic (exact) mass is 258 g/mol. The molecule has 4 aliphatic carbocycles. The predicted octanol–water partition coefficient (Wildman–Crippen LogP) is 3.14. The highest BCUT2D eigenvalue weighted by atomic mass is 14.9. The molecule has 0 spiro atoms. The summed E-state index contributed by atoms with van der Waals surface area (Å²) in [6.07, 6.45) is 9.71. The van der Waals surface area contributed by atoms with E-state index >= 15 is 0 Å². The maximum absolute atomic E-state index is 6.20. The lowest BCUT2D eigenvalue weighted by molar-refractivity contribution is -0.0475. The highest BCUT2D eigenvalue weighted by Crippen LogP contribution is 2.59. The van der Waals surface area contributed by atoms with Crippen LogP contribution in [0.1, 0.15) is 43.7 Å². The van der Waals surface area contributed by atoms with E-state index in [1.807, 2.05) is 0 Å². The van der Waals surface area contributed by atoms with Gasteiger partial charge in [0.05, 0.1) is 0 Å². The molecule has 104 valence electrons. The molecule has 4 aliphatic rings. The van der Waals surface area contributed by atoms with Crippen LogP contribution in [-0.4, -0.2) is 11.1 Å². The summed E-state index contributed by atoms with van der Waals surface area (Å²) in [5, 5.41) is 0. The van der Waals surface area contributed by atoms with Crippen molar-refractivity contribution in [1.29, 1.82) is 0 Å². The molecule has 1 aromatic heterocycles. The van der Waals surface area contributed by atoms with Gasteiger partial charge in [0.2, 0.25) is 0 Å². The van der Waals surface area contributed by atoms with Gasteiger partial charge in [-0.25, -0.2) is 0 Å². The third kappa shape index (κ3) is 1.79. The van der Waals surface area contributed by atoms with E-state index in [0.717, 1.165) is 36.1 Å². The minimum Gasteiger partial charge on any atom is -0.354 e. The molecule has 1 atom stereocenters. The van der Waals surface area contributed by atoms with E-state index in [2.05, 4.69) is 29.9 Å². The fraction of sp³-hybridized carbons (Fsp3) is 0.765. The van der Waals surface area contributed by atoms with Crippen LogP contribution in [0.5, 0.6) is 0 Å². The zero-order valence-electron chi connectivity index (χ0n) is 12.0. The average molecular weight is 258 g/mol. The first-order chi connectivity index (χ1) is 9.26. The first-order valence-corrected chi connectivity index (χ1v) is 8.07. The van der Waals surface area contributed by atoms with Gasteiger partial charge in [-0.3, -0.25) is 0 Å². The second-order valence-electron chi connectivity index (χ2n) is 7.39. The van der Waals surface area contributed by atoms with Gasteiger partial charge in [0.25, 0.3) is 0 Å². The summed E-state index contributed by atoms with van der Waals surface area (Å²) in [7, 11) is 2.17. The van der Waals surface area contributed by atoms with E-state index in [1.165, 1.54) is 37.8 Å². The van der Waals surface area contributed by atoms with Gasteiger partial charge in [0, 0.05) is 31.4 Å². The molecule has 4 fully saturated rings. The summed E-state index contributed by atoms with van der Waals surface area (Å²) in [4.78, 5) is 0. The van der Waals surface area contributed by atoms with Gasteiger partial charge in [-0.1, -0.05) is 0 Å². The van der Waals surface area contributed by atoms with Crippen molar-refractivity contribution in [3.63, 3.8) is 0 Å². The summed E-state index contributed by atoms with van der Waals surface area (Å²) < 4.78 is 2.29. The molecule has 2 heteroatoms. The number of nitrogens with two attached hydrogens (primary N) is 1. The smallest absolute Gasteiger partial charge is 0.0218 e. The van der Waals surface area contributed by atoms with Gasteiger partial charge in [-0.05, 0) is 73.8 Å². The Balaban J connectivity index is 1.66. The third-order valence-electron chi connectivity index (χ3n) is 6.38. The molecule has 1 heterocycles. The van der Waals surface area contributed by atoms with Gasteiger partial charge < -0.3 is 10.3 Å². The van der Waals surface area contributed by atoms with Crippen LogP contribution in [0.2, 0.25) is 0 Å². The lowest BCUT2D eigenvalue weighted by atomic mass is 9.49. The van der Waals surface area contributed by atoms with Crippen molar-refractivity contribution < 1.29 is 0 Å². The third-order valence-corrected chi connectivity index (χ3v) is 6.38. The number of hydrogen-bond donors (Lipinski definition) is 1. The van der Waals surface area contributed by atoms with E-state index < -0.39 is 0 Å². The molecule has 4 saturated carbocycles. The SMILES string of the molecule is Cn1cccc1C(CN)C1C2CC3CC(C2)CC1C3. The minimum absolute atomic E-state index is 0.593. The molecule has 19 heavy (non-hydrogen) atoms. The molecule has 0 radical (unpaired) electrons. The van der Waals surface area contributed by atoms with Crippen molar-refractivity contribution in [2.24, 2.45) is 42.4 Å². The Morgan fingerprint density at radius 2 is 1.79 bits per heavy atom. The first-order valence-electron chi connectivity index (χ1n) is 8.07. The number of rotatable bonds is 3. The molecule has 5 rings (SSSR count). The second kappa shape index (κ2) is 4.37. The van der Waals surface area contributed by atoms with Crippen LogP contribution in [0.25, 0.3) is 0 Å². The zero-order chi connectivity index (χ0) is 13.0. The quantitative estimate of drug-likeness (QED) is 0.887. The van der Waals surface area contributed by atoms with E-state index in [1.54, 1.807) is 0 Å². The summed E-state index contributed by atoms with van der Waals surface area (Å²) >= 11 is 0. The lowest BCUT2D eigenvalue weighted by Gasteiger charge is -2.56. The van der Waals surface area contributed by atoms with E-state index in [-0.39, 0.29) is 0 Å². The normalized spacial score (nSPS) is 41.7. The van der Waals surface area contributed by atoms with Crippen molar-refractivity contribution in [3.05, 3.63) is 24.0 Å². The van der Waals surface area contributed by atoms with Crippen LogP contribution in [0.15, 0.2) is 18.3 Å². The van der Waals surface area contributed by atoms with Gasteiger partial charge in [-0.2, -0.15) is 0 Å². The van der Waals surface area contributed by atoms with E-state index in [0.29, 0.717) is 5.92 Å². The van der Waals surface area contributed by atoms with Gasteiger partial charge >= 0.3 is 0 Å². The van der Waals surface area contributed by atoms with Crippen LogP contribution in [0.4, 0.5) is 0 Å². The average Bonchev–Trinajstić information content (AvgIpc) is 2.79. The fourth-order valence-electron chi connectivity index (χ4n) is 5.96. The van der Waals surface area contributed by atoms with Gasteiger partial charge in [-0.15, -0.1) is 0 Å². The standard InChI is InChI=1S/C17H26N2/c1-19-4-2-3-16(19)15(10-18)17-13-6-11-5-12(8-13)9-14(17)7-11/h2-4,11-15,17H,5-10,18H2,1H3. The Morgan fingerprint density at radius 3 is 2.26 bits per heavy atom. The molecule has 2 nitrogen and oxygen atoms in total. The molecule has 1 unspecified atom stereocenters. The van der Waals surface area contributed by atoms with Crippen molar-refractivity contribution in [2.75, 3.05) is 6.54 Å². The molecule has 0 amide bonds. The van der Waals surface area contributed by atoms with Gasteiger partial charge in [0.15, 0.2) is 0 Å². The van der Waals surface area contributed by atoms with Crippen LogP contribution >= 0.6 is 0 Å². The predicted molar refractivity (Wildman–Crippen MR) is 77.7 cm³/mol. The largest absolute Gasteiger partial charge is 0.354 e. The zero-order valence-corrected chi connectivity index (χ0v) is 12.0. The Morgan fingerprint density at radius 1 is 1.16 bits per heavy atom. The molecular weight excluding hydrogens is 232 g/mol. The Hall–Kier alpha value is -0.760. The molecule has 1 aromatic rings. The fourth-order valence-corrected chi connectivity index (χ4v) is 5.96. The Labute approximate surface area is 116 Å². The second-order valence-corrected chi connectivity index (χ2v) is 7.39. The van der Waals surface area contributed by atoms with Crippen molar-refractivity contribution in [1.82, 2.24) is 4.57 Å². The number of hydrogen-bond acceptors (Lipinski definition) is 1. The van der Waals surface area contributed by atoms with Crippen molar-refractivity contribution in [3.8, 4) is 0 Å². The van der Waals surface area contributed by atoms with Gasteiger partial charge in [0.1, 0.15) is 0 Å². The van der Waals surface area contributed by atoms with Crippen molar-refractivity contribution >= 4 is 0 Å². The molecule has 2 N–H and O–H groups in total. The highest BCUT2D eigenvalue weighted by molar-refractivity contribution is 5.17. The number of aryl methyl sites for hydroxylation is 1. The summed E-state index contributed by atoms with van der Waals surface area (Å²) in [6, 6.07) is 4.47. The van der Waals surface area contributed by atoms with Crippen molar-refractivity contribution in [2.45, 2.75) is 38.0 Å². The highest BCUT2D eigenvalue weighted by Gasteiger charge is 2.50. The van der Waals surface area contributed by atoms with Crippen LogP contribution < -0.4 is 5.73 Å². The van der Waals surface area contributed by atoms with Crippen LogP contribution in [0, 0.1) is 29.6 Å². The molecule has 4 bridgehead atoms. The van der Waals surface area contributed by atoms with Crippen LogP contribution in [-0.2, 0) is 7.05 Å². The molecule has 0 aliphatic heterocycles. The van der Waals surface area contributed by atoms with Crippen LogP contribution in [0.3, 0.4) is 0 Å². The topological polar surface area (TPSA) is 30.9 Å². The summed E-state index contributed by atoms with van der Waals surface area (Å²) in [5.74, 6) is 5.52. The maximum atomic E-state index is 6.20. The Bertz CT molecular complexity index is 434. The molecule has 0 saturated heterocycles. The minimum atomic E-state index is 0.593. The van der Waals surface area contributed by atoms with E-state index in [4.69, 9.17) is 5.73 Å².